The normalized spacial score (nSPS) is 10.6. The van der Waals surface area contributed by atoms with Crippen LogP contribution in [0.4, 0.5) is 0 Å². The first kappa shape index (κ1) is 12.0. The Morgan fingerprint density at radius 2 is 1.73 bits per heavy atom. The van der Waals surface area contributed by atoms with Crippen LogP contribution in [0.2, 0.25) is 0 Å². The van der Waals surface area contributed by atoms with Crippen molar-refractivity contribution in [2.24, 2.45) is 0 Å². The van der Waals surface area contributed by atoms with Crippen molar-refractivity contribution in [1.29, 1.82) is 0 Å². The van der Waals surface area contributed by atoms with Crippen LogP contribution in [0, 0.1) is 13.8 Å². The van der Waals surface area contributed by atoms with Crippen molar-refractivity contribution >= 4 is 0 Å². The van der Waals surface area contributed by atoms with Crippen molar-refractivity contribution in [3.63, 3.8) is 0 Å². The number of aromatic nitrogens is 1. The molecular weight excluding hydrogens is 190 g/mol. The van der Waals surface area contributed by atoms with Gasteiger partial charge in [-0.1, -0.05) is 0 Å². The highest BCUT2D eigenvalue weighted by Crippen LogP contribution is 2.05. The molecule has 1 rings (SSSR count). The van der Waals surface area contributed by atoms with E-state index in [4.69, 9.17) is 5.11 Å². The van der Waals surface area contributed by atoms with E-state index in [1.54, 1.807) is 12.1 Å². The largest absolute Gasteiger partial charge is 0.396 e. The predicted molar refractivity (Wildman–Crippen MR) is 61.1 cm³/mol. The van der Waals surface area contributed by atoms with Crippen LogP contribution in [0.1, 0.15) is 30.7 Å². The lowest BCUT2D eigenvalue weighted by Gasteiger charge is -2.13. The fourth-order valence-electron chi connectivity index (χ4n) is 1.80. The van der Waals surface area contributed by atoms with Gasteiger partial charge in [0.2, 0.25) is 0 Å². The molecule has 0 spiro atoms. The highest BCUT2D eigenvalue weighted by atomic mass is 16.2. The smallest absolute Gasteiger partial charge is 0.182 e. The van der Waals surface area contributed by atoms with Gasteiger partial charge in [0, 0.05) is 36.7 Å². The number of rotatable bonds is 5. The molecule has 1 N–H and O–H groups in total. The van der Waals surface area contributed by atoms with E-state index >= 15 is 0 Å². The van der Waals surface area contributed by atoms with Crippen molar-refractivity contribution in [2.45, 2.75) is 39.7 Å². The summed E-state index contributed by atoms with van der Waals surface area (Å²) in [7, 11) is 0. The molecule has 0 aliphatic carbocycles. The number of hydrogen-bond donors (Lipinski definition) is 1. The molecule has 0 aromatic carbocycles. The Morgan fingerprint density at radius 3 is 2.27 bits per heavy atom. The zero-order valence-electron chi connectivity index (χ0n) is 9.49. The average Bonchev–Trinajstić information content (AvgIpc) is 2.15. The van der Waals surface area contributed by atoms with E-state index in [1.165, 1.54) is 0 Å². The molecular formula is C12H19NO2. The molecule has 0 saturated heterocycles. The van der Waals surface area contributed by atoms with E-state index in [1.807, 2.05) is 13.8 Å². The molecule has 0 aliphatic heterocycles. The lowest BCUT2D eigenvalue weighted by Crippen LogP contribution is -2.13. The highest BCUT2D eigenvalue weighted by molar-refractivity contribution is 5.12. The molecule has 3 heteroatoms. The summed E-state index contributed by atoms with van der Waals surface area (Å²) in [6.07, 6.45) is 2.94. The van der Waals surface area contributed by atoms with E-state index < -0.39 is 0 Å². The van der Waals surface area contributed by atoms with Crippen molar-refractivity contribution in [2.75, 3.05) is 6.61 Å². The molecule has 0 saturated carbocycles. The van der Waals surface area contributed by atoms with Gasteiger partial charge in [-0.3, -0.25) is 4.79 Å². The molecule has 3 nitrogen and oxygen atoms in total. The van der Waals surface area contributed by atoms with Crippen LogP contribution in [0.5, 0.6) is 0 Å². The topological polar surface area (TPSA) is 42.2 Å². The van der Waals surface area contributed by atoms with E-state index in [-0.39, 0.29) is 12.0 Å². The van der Waals surface area contributed by atoms with Crippen molar-refractivity contribution < 1.29 is 5.11 Å². The zero-order chi connectivity index (χ0) is 11.3. The van der Waals surface area contributed by atoms with Crippen LogP contribution >= 0.6 is 0 Å². The molecule has 0 fully saturated rings. The van der Waals surface area contributed by atoms with E-state index in [9.17, 15) is 4.79 Å². The zero-order valence-corrected chi connectivity index (χ0v) is 9.49. The highest BCUT2D eigenvalue weighted by Gasteiger charge is 2.00. The third-order valence-corrected chi connectivity index (χ3v) is 2.59. The summed E-state index contributed by atoms with van der Waals surface area (Å²) in [5.41, 5.74) is 2.12. The monoisotopic (exact) mass is 209 g/mol. The molecule has 84 valence electrons. The molecule has 0 atom stereocenters. The minimum absolute atomic E-state index is 0.0802. The fraction of sp³-hybridized carbons (Fsp3) is 0.583. The number of hydrogen-bond acceptors (Lipinski definition) is 2. The molecule has 0 radical (unpaired) electrons. The Bertz CT molecular complexity index is 342. The summed E-state index contributed by atoms with van der Waals surface area (Å²) < 4.78 is 2.15. The van der Waals surface area contributed by atoms with Crippen LogP contribution in [0.3, 0.4) is 0 Å². The molecule has 0 bridgehead atoms. The second-order valence-corrected chi connectivity index (χ2v) is 3.91. The molecule has 0 amide bonds. The standard InChI is InChI=1S/C12H19NO2/c1-10-8-12(15)9-11(2)13(10)6-4-3-5-7-14/h8-9,14H,3-7H2,1-2H3. The second-order valence-electron chi connectivity index (χ2n) is 3.91. The Morgan fingerprint density at radius 1 is 1.13 bits per heavy atom. The first-order valence-electron chi connectivity index (χ1n) is 5.44. The maximum Gasteiger partial charge on any atom is 0.182 e. The van der Waals surface area contributed by atoms with Crippen LogP contribution in [-0.2, 0) is 6.54 Å². The summed E-state index contributed by atoms with van der Waals surface area (Å²) in [6, 6.07) is 3.33. The third-order valence-electron chi connectivity index (χ3n) is 2.59. The maximum absolute atomic E-state index is 11.2. The lowest BCUT2D eigenvalue weighted by atomic mass is 10.2. The SMILES string of the molecule is Cc1cc(=O)cc(C)n1CCCCCO. The second kappa shape index (κ2) is 5.71. The number of nitrogens with zero attached hydrogens (tertiary/aromatic N) is 1. The number of pyridine rings is 1. The summed E-state index contributed by atoms with van der Waals surface area (Å²) in [5, 5.41) is 8.66. The van der Waals surface area contributed by atoms with Gasteiger partial charge >= 0.3 is 0 Å². The predicted octanol–water partition coefficient (Wildman–Crippen LogP) is 1.63. The first-order valence-corrected chi connectivity index (χ1v) is 5.44. The number of unbranched alkanes of at least 4 members (excludes halogenated alkanes) is 2. The summed E-state index contributed by atoms with van der Waals surface area (Å²) in [4.78, 5) is 11.2. The average molecular weight is 209 g/mol. The van der Waals surface area contributed by atoms with Crippen LogP contribution in [0.25, 0.3) is 0 Å². The van der Waals surface area contributed by atoms with Gasteiger partial charge in [-0.25, -0.2) is 0 Å². The molecule has 1 heterocycles. The summed E-state index contributed by atoms with van der Waals surface area (Å²) in [6.45, 7) is 5.11. The molecule has 0 unspecified atom stereocenters. The first-order chi connectivity index (χ1) is 7.15. The van der Waals surface area contributed by atoms with Gasteiger partial charge in [0.25, 0.3) is 0 Å². The molecule has 1 aromatic heterocycles. The van der Waals surface area contributed by atoms with Crippen molar-refractivity contribution in [3.05, 3.63) is 33.7 Å². The minimum atomic E-state index is 0.0802. The summed E-state index contributed by atoms with van der Waals surface area (Å²) >= 11 is 0. The van der Waals surface area contributed by atoms with E-state index in [2.05, 4.69) is 4.57 Å². The van der Waals surface area contributed by atoms with Gasteiger partial charge in [0.1, 0.15) is 0 Å². The van der Waals surface area contributed by atoms with Gasteiger partial charge in [-0.05, 0) is 33.1 Å². The Labute approximate surface area is 90.4 Å². The number of aliphatic hydroxyl groups is 1. The van der Waals surface area contributed by atoms with E-state index in [0.29, 0.717) is 0 Å². The lowest BCUT2D eigenvalue weighted by molar-refractivity contribution is 0.281. The Kier molecular flexibility index (Phi) is 4.56. The third kappa shape index (κ3) is 3.51. The number of aryl methyl sites for hydroxylation is 2. The van der Waals surface area contributed by atoms with Gasteiger partial charge in [0.15, 0.2) is 5.43 Å². The minimum Gasteiger partial charge on any atom is -0.396 e. The van der Waals surface area contributed by atoms with Gasteiger partial charge in [0.05, 0.1) is 0 Å². The molecule has 1 aromatic rings. The van der Waals surface area contributed by atoms with Crippen molar-refractivity contribution in [3.8, 4) is 0 Å². The van der Waals surface area contributed by atoms with E-state index in [0.717, 1.165) is 37.2 Å². The Balaban J connectivity index is 2.64. The van der Waals surface area contributed by atoms with Gasteiger partial charge in [-0.15, -0.1) is 0 Å². The summed E-state index contributed by atoms with van der Waals surface area (Å²) in [5.74, 6) is 0. The van der Waals surface area contributed by atoms with Gasteiger partial charge < -0.3 is 9.67 Å². The van der Waals surface area contributed by atoms with Crippen molar-refractivity contribution in [1.82, 2.24) is 4.57 Å². The van der Waals surface area contributed by atoms with Gasteiger partial charge in [-0.2, -0.15) is 0 Å². The Hall–Kier alpha value is -1.09. The fourth-order valence-corrected chi connectivity index (χ4v) is 1.80. The molecule has 0 aliphatic rings. The maximum atomic E-state index is 11.2. The van der Waals surface area contributed by atoms with Crippen LogP contribution in [-0.4, -0.2) is 16.3 Å². The molecule has 15 heavy (non-hydrogen) atoms. The van der Waals surface area contributed by atoms with Crippen LogP contribution < -0.4 is 5.43 Å². The number of aliphatic hydroxyl groups excluding tert-OH is 1. The van der Waals surface area contributed by atoms with Crippen LogP contribution in [0.15, 0.2) is 16.9 Å². The quantitative estimate of drug-likeness (QED) is 0.749.